The zero-order valence-electron chi connectivity index (χ0n) is 15.4. The van der Waals surface area contributed by atoms with Crippen LogP contribution in [-0.2, 0) is 11.8 Å². The third kappa shape index (κ3) is 3.59. The van der Waals surface area contributed by atoms with Gasteiger partial charge >= 0.3 is 0 Å². The van der Waals surface area contributed by atoms with Crippen LogP contribution in [0.1, 0.15) is 63.1 Å². The van der Waals surface area contributed by atoms with Gasteiger partial charge in [-0.25, -0.2) is 0 Å². The van der Waals surface area contributed by atoms with Gasteiger partial charge in [0.25, 0.3) is 0 Å². The Morgan fingerprint density at radius 2 is 1.80 bits per heavy atom. The van der Waals surface area contributed by atoms with Crippen molar-refractivity contribution < 1.29 is 4.79 Å². The lowest BCUT2D eigenvalue weighted by Crippen LogP contribution is -2.49. The molecule has 4 rings (SSSR count). The lowest BCUT2D eigenvalue weighted by molar-refractivity contribution is -0.138. The van der Waals surface area contributed by atoms with Crippen molar-refractivity contribution in [1.29, 1.82) is 0 Å². The lowest BCUT2D eigenvalue weighted by Gasteiger charge is -2.39. The highest BCUT2D eigenvalue weighted by atomic mass is 16.2. The van der Waals surface area contributed by atoms with Gasteiger partial charge in [0, 0.05) is 38.6 Å². The van der Waals surface area contributed by atoms with Crippen LogP contribution in [0.5, 0.6) is 0 Å². The molecular formula is C19H31N5O. The molecule has 1 atom stereocenters. The van der Waals surface area contributed by atoms with Crippen molar-refractivity contribution in [2.24, 2.45) is 13.0 Å². The van der Waals surface area contributed by atoms with Crippen molar-refractivity contribution in [2.75, 3.05) is 26.2 Å². The maximum atomic E-state index is 13.0. The molecule has 6 heteroatoms. The molecule has 0 spiro atoms. The molecule has 1 amide bonds. The minimum absolute atomic E-state index is 0.223. The van der Waals surface area contributed by atoms with Gasteiger partial charge in [-0.3, -0.25) is 9.69 Å². The summed E-state index contributed by atoms with van der Waals surface area (Å²) in [7, 11) is 2.01. The molecule has 1 aliphatic carbocycles. The first-order valence-corrected chi connectivity index (χ1v) is 10.1. The third-order valence-electron chi connectivity index (χ3n) is 6.56. The number of amides is 1. The van der Waals surface area contributed by atoms with E-state index in [2.05, 4.69) is 20.0 Å². The molecule has 0 aromatic carbocycles. The first-order valence-electron chi connectivity index (χ1n) is 10.1. The fraction of sp³-hybridized carbons (Fsp3) is 0.842. The van der Waals surface area contributed by atoms with E-state index in [1.807, 2.05) is 11.6 Å². The summed E-state index contributed by atoms with van der Waals surface area (Å²) in [5.41, 5.74) is 0. The van der Waals surface area contributed by atoms with Crippen LogP contribution in [-0.4, -0.2) is 62.7 Å². The van der Waals surface area contributed by atoms with Crippen molar-refractivity contribution in [3.8, 4) is 0 Å². The Balaban J connectivity index is 1.31. The van der Waals surface area contributed by atoms with Gasteiger partial charge in [0.15, 0.2) is 0 Å². The fourth-order valence-corrected chi connectivity index (χ4v) is 5.09. The maximum absolute atomic E-state index is 13.0. The Bertz CT molecular complexity index is 586. The summed E-state index contributed by atoms with van der Waals surface area (Å²) >= 11 is 0. The molecule has 2 saturated heterocycles. The second kappa shape index (κ2) is 7.44. The van der Waals surface area contributed by atoms with Crippen molar-refractivity contribution in [3.63, 3.8) is 0 Å². The zero-order valence-corrected chi connectivity index (χ0v) is 15.4. The van der Waals surface area contributed by atoms with Gasteiger partial charge in [0.1, 0.15) is 12.2 Å². The van der Waals surface area contributed by atoms with Gasteiger partial charge in [-0.05, 0) is 45.1 Å². The monoisotopic (exact) mass is 345 g/mol. The van der Waals surface area contributed by atoms with Crippen LogP contribution in [0, 0.1) is 5.92 Å². The highest BCUT2D eigenvalue weighted by molar-refractivity contribution is 5.79. The number of carbonyl (C=O) groups excluding carboxylic acids is 1. The van der Waals surface area contributed by atoms with Gasteiger partial charge < -0.3 is 9.47 Å². The number of likely N-dealkylation sites (tertiary alicyclic amines) is 2. The number of hydrogen-bond acceptors (Lipinski definition) is 4. The van der Waals surface area contributed by atoms with Crippen LogP contribution in [0.15, 0.2) is 6.33 Å². The number of aryl methyl sites for hydroxylation is 1. The second-order valence-electron chi connectivity index (χ2n) is 8.17. The fourth-order valence-electron chi connectivity index (χ4n) is 5.09. The van der Waals surface area contributed by atoms with Crippen LogP contribution in [0.4, 0.5) is 0 Å². The van der Waals surface area contributed by atoms with E-state index >= 15 is 0 Å². The first-order chi connectivity index (χ1) is 12.2. The normalized spacial score (nSPS) is 27.1. The molecule has 1 aromatic rings. The van der Waals surface area contributed by atoms with Crippen molar-refractivity contribution >= 4 is 5.91 Å². The third-order valence-corrected chi connectivity index (χ3v) is 6.56. The molecule has 3 heterocycles. The maximum Gasteiger partial charge on any atom is 0.226 e. The van der Waals surface area contributed by atoms with Gasteiger partial charge in [-0.2, -0.15) is 0 Å². The summed E-state index contributed by atoms with van der Waals surface area (Å²) in [4.78, 5) is 17.8. The number of rotatable bonds is 3. The second-order valence-corrected chi connectivity index (χ2v) is 8.17. The summed E-state index contributed by atoms with van der Waals surface area (Å²) in [6, 6.07) is 0.747. The summed E-state index contributed by atoms with van der Waals surface area (Å²) in [6.45, 7) is 3.93. The van der Waals surface area contributed by atoms with Gasteiger partial charge in [0.2, 0.25) is 5.91 Å². The molecule has 3 fully saturated rings. The van der Waals surface area contributed by atoms with E-state index in [4.69, 9.17) is 0 Å². The standard InChI is InChI=1S/C19H31N5O/c1-22-14-20-21-18(22)15-8-11-23(12-9-15)19(25)16-5-4-10-24(13-16)17-6-2-3-7-17/h14-17H,2-13H2,1H3/t16-/m1/s1. The minimum atomic E-state index is 0.223. The number of carbonyl (C=O) groups is 1. The highest BCUT2D eigenvalue weighted by Crippen LogP contribution is 2.31. The van der Waals surface area contributed by atoms with Crippen molar-refractivity contribution in [1.82, 2.24) is 24.6 Å². The zero-order chi connectivity index (χ0) is 17.2. The van der Waals surface area contributed by atoms with Crippen molar-refractivity contribution in [3.05, 3.63) is 12.2 Å². The predicted octanol–water partition coefficient (Wildman–Crippen LogP) is 2.18. The molecule has 1 aromatic heterocycles. The topological polar surface area (TPSA) is 54.3 Å². The molecular weight excluding hydrogens is 314 g/mol. The number of nitrogens with zero attached hydrogens (tertiary/aromatic N) is 5. The Kier molecular flexibility index (Phi) is 5.06. The molecule has 3 aliphatic rings. The highest BCUT2D eigenvalue weighted by Gasteiger charge is 2.34. The molecule has 0 radical (unpaired) electrons. The number of hydrogen-bond donors (Lipinski definition) is 0. The van der Waals surface area contributed by atoms with Crippen LogP contribution in [0.2, 0.25) is 0 Å². The Morgan fingerprint density at radius 1 is 1.04 bits per heavy atom. The van der Waals surface area contributed by atoms with Crippen molar-refractivity contribution in [2.45, 2.75) is 63.3 Å². The molecule has 1 saturated carbocycles. The average Bonchev–Trinajstić information content (AvgIpc) is 3.33. The van der Waals surface area contributed by atoms with Crippen LogP contribution >= 0.6 is 0 Å². The smallest absolute Gasteiger partial charge is 0.226 e. The SMILES string of the molecule is Cn1cnnc1C1CCN(C(=O)[C@@H]2CCCN(C3CCCC3)C2)CC1. The predicted molar refractivity (Wildman–Crippen MR) is 96.1 cm³/mol. The quantitative estimate of drug-likeness (QED) is 0.842. The molecule has 25 heavy (non-hydrogen) atoms. The van der Waals surface area contributed by atoms with E-state index in [1.54, 1.807) is 6.33 Å². The van der Waals surface area contributed by atoms with E-state index in [0.29, 0.717) is 11.8 Å². The van der Waals surface area contributed by atoms with Crippen LogP contribution in [0.25, 0.3) is 0 Å². The molecule has 2 aliphatic heterocycles. The largest absolute Gasteiger partial charge is 0.342 e. The summed E-state index contributed by atoms with van der Waals surface area (Å²) in [5.74, 6) is 2.13. The van der Waals surface area contributed by atoms with E-state index in [-0.39, 0.29) is 5.92 Å². The van der Waals surface area contributed by atoms with Crippen LogP contribution in [0.3, 0.4) is 0 Å². The van der Waals surface area contributed by atoms with E-state index in [0.717, 1.165) is 50.8 Å². The van der Waals surface area contributed by atoms with E-state index in [9.17, 15) is 4.79 Å². The molecule has 138 valence electrons. The van der Waals surface area contributed by atoms with Gasteiger partial charge in [0.05, 0.1) is 5.92 Å². The summed E-state index contributed by atoms with van der Waals surface area (Å²) in [6.07, 6.45) is 11.5. The van der Waals surface area contributed by atoms with Gasteiger partial charge in [-0.1, -0.05) is 12.8 Å². The Hall–Kier alpha value is -1.43. The van der Waals surface area contributed by atoms with E-state index in [1.165, 1.54) is 38.6 Å². The van der Waals surface area contributed by atoms with Gasteiger partial charge in [-0.15, -0.1) is 10.2 Å². The Morgan fingerprint density at radius 3 is 2.48 bits per heavy atom. The summed E-state index contributed by atoms with van der Waals surface area (Å²) < 4.78 is 2.02. The first kappa shape index (κ1) is 17.0. The number of aromatic nitrogens is 3. The Labute approximate surface area is 150 Å². The summed E-state index contributed by atoms with van der Waals surface area (Å²) in [5, 5.41) is 8.25. The molecule has 0 bridgehead atoms. The van der Waals surface area contributed by atoms with Crippen LogP contribution < -0.4 is 0 Å². The molecule has 0 unspecified atom stereocenters. The average molecular weight is 345 g/mol. The van der Waals surface area contributed by atoms with E-state index < -0.39 is 0 Å². The number of piperidine rings is 2. The molecule has 0 N–H and O–H groups in total. The minimum Gasteiger partial charge on any atom is -0.342 e. The molecule has 6 nitrogen and oxygen atoms in total. The lowest BCUT2D eigenvalue weighted by atomic mass is 9.91.